The van der Waals surface area contributed by atoms with E-state index in [-0.39, 0.29) is 0 Å². The van der Waals surface area contributed by atoms with Crippen LogP contribution in [0.15, 0.2) is 24.3 Å². The lowest BCUT2D eigenvalue weighted by molar-refractivity contribution is 0.462. The van der Waals surface area contributed by atoms with Gasteiger partial charge < -0.3 is 0 Å². The summed E-state index contributed by atoms with van der Waals surface area (Å²) in [7, 11) is 0. The van der Waals surface area contributed by atoms with Crippen molar-refractivity contribution < 1.29 is 0 Å². The second-order valence-corrected chi connectivity index (χ2v) is 6.90. The van der Waals surface area contributed by atoms with Gasteiger partial charge in [-0.25, -0.2) is 0 Å². The van der Waals surface area contributed by atoms with Gasteiger partial charge in [0.05, 0.1) is 0 Å². The lowest BCUT2D eigenvalue weighted by Gasteiger charge is -2.14. The van der Waals surface area contributed by atoms with Crippen LogP contribution in [-0.2, 0) is 0 Å². The molecule has 0 amide bonds. The molecule has 0 unspecified atom stereocenters. The van der Waals surface area contributed by atoms with E-state index in [1.807, 2.05) is 0 Å². The first-order chi connectivity index (χ1) is 10.4. The van der Waals surface area contributed by atoms with Crippen molar-refractivity contribution in [3.05, 3.63) is 24.3 Å². The Morgan fingerprint density at radius 2 is 1.71 bits per heavy atom. The summed E-state index contributed by atoms with van der Waals surface area (Å²) >= 11 is 5.70. The fourth-order valence-corrected chi connectivity index (χ4v) is 3.51. The Kier molecular flexibility index (Phi) is 12.0. The Bertz CT molecular complexity index is 280. The van der Waals surface area contributed by atoms with Crippen LogP contribution in [0, 0.1) is 11.8 Å². The third-order valence-corrected chi connectivity index (χ3v) is 4.95. The first kappa shape index (κ1) is 18.8. The number of hydrogen-bond acceptors (Lipinski definition) is 0. The highest BCUT2D eigenvalue weighted by Gasteiger charge is 2.23. The van der Waals surface area contributed by atoms with Crippen molar-refractivity contribution in [2.75, 3.05) is 5.88 Å². The van der Waals surface area contributed by atoms with Crippen molar-refractivity contribution in [3.8, 4) is 0 Å². The van der Waals surface area contributed by atoms with Crippen LogP contribution in [0.1, 0.15) is 84.0 Å². The minimum atomic E-state index is 0.818. The highest BCUT2D eigenvalue weighted by molar-refractivity contribution is 6.17. The maximum Gasteiger partial charge on any atom is 0.0223 e. The molecular weight excluding hydrogens is 276 g/mol. The first-order valence-electron chi connectivity index (χ1n) is 9.26. The number of rotatable bonds is 12. The molecule has 0 saturated heterocycles. The van der Waals surface area contributed by atoms with Gasteiger partial charge >= 0.3 is 0 Å². The smallest absolute Gasteiger partial charge is 0.0223 e. The minimum absolute atomic E-state index is 0.818. The van der Waals surface area contributed by atoms with E-state index in [1.54, 1.807) is 0 Å². The molecule has 0 heterocycles. The summed E-state index contributed by atoms with van der Waals surface area (Å²) in [5.41, 5.74) is 0. The second-order valence-electron chi connectivity index (χ2n) is 6.52. The minimum Gasteiger partial charge on any atom is -0.127 e. The lowest BCUT2D eigenvalue weighted by Crippen LogP contribution is -2.03. The molecular formula is C20H35Cl. The number of allylic oxidation sites excluding steroid dienone is 4. The number of halogens is 1. The zero-order valence-corrected chi connectivity index (χ0v) is 14.8. The molecule has 0 aromatic carbocycles. The van der Waals surface area contributed by atoms with Gasteiger partial charge in [0.15, 0.2) is 0 Å². The monoisotopic (exact) mass is 310 g/mol. The van der Waals surface area contributed by atoms with Gasteiger partial charge in [0.25, 0.3) is 0 Å². The van der Waals surface area contributed by atoms with Gasteiger partial charge in [0.2, 0.25) is 0 Å². The van der Waals surface area contributed by atoms with Crippen LogP contribution >= 0.6 is 11.6 Å². The molecule has 1 fully saturated rings. The maximum atomic E-state index is 5.70. The number of hydrogen-bond donors (Lipinski definition) is 0. The summed E-state index contributed by atoms with van der Waals surface area (Å²) in [6.07, 6.45) is 25.7. The fraction of sp³-hybridized carbons (Fsp3) is 0.800. The van der Waals surface area contributed by atoms with E-state index in [0.29, 0.717) is 0 Å². The van der Waals surface area contributed by atoms with Crippen LogP contribution < -0.4 is 0 Å². The fourth-order valence-electron chi connectivity index (χ4n) is 3.32. The normalized spacial score (nSPS) is 22.8. The third kappa shape index (κ3) is 9.40. The van der Waals surface area contributed by atoms with E-state index in [9.17, 15) is 0 Å². The summed E-state index contributed by atoms with van der Waals surface area (Å²) in [5, 5.41) is 0. The Balaban J connectivity index is 2.14. The Morgan fingerprint density at radius 1 is 0.905 bits per heavy atom. The highest BCUT2D eigenvalue weighted by Crippen LogP contribution is 2.35. The third-order valence-electron chi connectivity index (χ3n) is 4.69. The Labute approximate surface area is 138 Å². The molecule has 21 heavy (non-hydrogen) atoms. The van der Waals surface area contributed by atoms with E-state index < -0.39 is 0 Å². The van der Waals surface area contributed by atoms with E-state index in [1.165, 1.54) is 77.0 Å². The summed E-state index contributed by atoms with van der Waals surface area (Å²) in [6, 6.07) is 0. The summed E-state index contributed by atoms with van der Waals surface area (Å²) in [5.74, 6) is 2.57. The maximum absolute atomic E-state index is 5.70. The summed E-state index contributed by atoms with van der Waals surface area (Å²) < 4.78 is 0. The van der Waals surface area contributed by atoms with Crippen LogP contribution in [0.3, 0.4) is 0 Å². The molecule has 0 aromatic rings. The van der Waals surface area contributed by atoms with Crippen LogP contribution in [0.4, 0.5) is 0 Å². The largest absolute Gasteiger partial charge is 0.127 e. The second kappa shape index (κ2) is 13.4. The topological polar surface area (TPSA) is 0 Å². The molecule has 122 valence electrons. The molecule has 0 N–H and O–H groups in total. The van der Waals surface area contributed by atoms with Crippen LogP contribution in [0.2, 0.25) is 0 Å². The van der Waals surface area contributed by atoms with E-state index in [2.05, 4.69) is 31.2 Å². The number of alkyl halides is 1. The molecule has 0 bridgehead atoms. The quantitative estimate of drug-likeness (QED) is 0.202. The van der Waals surface area contributed by atoms with Crippen molar-refractivity contribution in [1.82, 2.24) is 0 Å². The van der Waals surface area contributed by atoms with Crippen LogP contribution in [0.25, 0.3) is 0 Å². The molecule has 0 aromatic heterocycles. The van der Waals surface area contributed by atoms with Gasteiger partial charge in [0.1, 0.15) is 0 Å². The van der Waals surface area contributed by atoms with E-state index in [0.717, 1.165) is 17.7 Å². The summed E-state index contributed by atoms with van der Waals surface area (Å²) in [4.78, 5) is 0. The van der Waals surface area contributed by atoms with Gasteiger partial charge in [0, 0.05) is 5.88 Å². The van der Waals surface area contributed by atoms with Crippen molar-refractivity contribution in [1.29, 1.82) is 0 Å². The molecule has 0 nitrogen and oxygen atoms in total. The van der Waals surface area contributed by atoms with Crippen molar-refractivity contribution in [3.63, 3.8) is 0 Å². The molecule has 2 atom stereocenters. The van der Waals surface area contributed by atoms with Crippen LogP contribution in [-0.4, -0.2) is 5.88 Å². The van der Waals surface area contributed by atoms with Gasteiger partial charge in [-0.1, -0.05) is 56.9 Å². The molecule has 0 spiro atoms. The molecule has 0 radical (unpaired) electrons. The predicted molar refractivity (Wildman–Crippen MR) is 97.1 cm³/mol. The molecule has 1 aliphatic carbocycles. The highest BCUT2D eigenvalue weighted by atomic mass is 35.5. The van der Waals surface area contributed by atoms with E-state index in [4.69, 9.17) is 11.6 Å². The standard InChI is InChI=1S/C20H35Cl/c1-2-3-4-5-7-10-14-19-16-13-17-20(19)15-11-8-6-9-12-18-21/h7,10-11,15,19-20H,2-6,8-9,12-14,16-18H2,1H3/t19-,20-/m0/s1. The molecule has 0 aliphatic heterocycles. The lowest BCUT2D eigenvalue weighted by atomic mass is 9.92. The average molecular weight is 311 g/mol. The van der Waals surface area contributed by atoms with E-state index >= 15 is 0 Å². The molecule has 1 heteroatoms. The predicted octanol–water partition coefficient (Wildman–Crippen LogP) is 7.28. The van der Waals surface area contributed by atoms with Gasteiger partial charge in [-0.3, -0.25) is 0 Å². The zero-order chi connectivity index (χ0) is 15.2. The average Bonchev–Trinajstić information content (AvgIpc) is 2.94. The Morgan fingerprint density at radius 3 is 2.52 bits per heavy atom. The van der Waals surface area contributed by atoms with Gasteiger partial charge in [-0.05, 0) is 63.2 Å². The molecule has 1 rings (SSSR count). The van der Waals surface area contributed by atoms with Crippen molar-refractivity contribution in [2.45, 2.75) is 84.0 Å². The number of unbranched alkanes of at least 4 members (excludes halogenated alkanes) is 6. The first-order valence-corrected chi connectivity index (χ1v) is 9.79. The Hall–Kier alpha value is -0.230. The van der Waals surface area contributed by atoms with Crippen LogP contribution in [0.5, 0.6) is 0 Å². The SMILES string of the molecule is CCCCCC=CC[C@H]1CCC[C@@H]1C=CCCCCCCl. The molecule has 1 aliphatic rings. The van der Waals surface area contributed by atoms with Gasteiger partial charge in [-0.2, -0.15) is 0 Å². The van der Waals surface area contributed by atoms with Gasteiger partial charge in [-0.15, -0.1) is 11.6 Å². The molecule has 1 saturated carbocycles. The van der Waals surface area contributed by atoms with Crippen molar-refractivity contribution in [2.24, 2.45) is 11.8 Å². The summed E-state index contributed by atoms with van der Waals surface area (Å²) in [6.45, 7) is 2.27. The zero-order valence-electron chi connectivity index (χ0n) is 14.0. The van der Waals surface area contributed by atoms with Crippen molar-refractivity contribution >= 4 is 11.6 Å².